The molecule has 100 valence electrons. The van der Waals surface area contributed by atoms with E-state index in [4.69, 9.17) is 5.73 Å². The number of hydrogen-bond acceptors (Lipinski definition) is 4. The van der Waals surface area contributed by atoms with Crippen molar-refractivity contribution in [1.29, 1.82) is 0 Å². The Kier molecular flexibility index (Phi) is 3.04. The minimum absolute atomic E-state index is 0.375. The summed E-state index contributed by atoms with van der Waals surface area (Å²) in [4.78, 5) is 4.11. The summed E-state index contributed by atoms with van der Waals surface area (Å²) in [6, 6.07) is 7.96. The first kappa shape index (κ1) is 12.2. The molecule has 2 heterocycles. The lowest BCUT2D eigenvalue weighted by Crippen LogP contribution is -1.97. The van der Waals surface area contributed by atoms with Crippen molar-refractivity contribution in [3.8, 4) is 11.1 Å². The van der Waals surface area contributed by atoms with Crippen LogP contribution in [0, 0.1) is 6.92 Å². The first-order chi connectivity index (χ1) is 9.74. The van der Waals surface area contributed by atoms with Gasteiger partial charge in [-0.25, -0.2) is 9.66 Å². The van der Waals surface area contributed by atoms with Gasteiger partial charge in [0.15, 0.2) is 0 Å². The topological polar surface area (TPSA) is 84.9 Å². The number of aromatic amines is 1. The lowest BCUT2D eigenvalue weighted by molar-refractivity contribution is 0.897. The lowest BCUT2D eigenvalue weighted by atomic mass is 10.0. The third-order valence-electron chi connectivity index (χ3n) is 2.93. The number of benzene rings is 1. The normalized spacial score (nSPS) is 11.2. The molecule has 0 saturated heterocycles. The van der Waals surface area contributed by atoms with Crippen LogP contribution in [0.3, 0.4) is 0 Å². The van der Waals surface area contributed by atoms with Crippen LogP contribution >= 0.6 is 0 Å². The molecule has 2 aromatic heterocycles. The number of nitrogens with one attached hydrogen (secondary N) is 1. The SMILES string of the molecule is Cc1cn(N=Cc2ccccc2-c2cn[nH]c2)c(N)n1. The maximum absolute atomic E-state index is 5.76. The Labute approximate surface area is 116 Å². The van der Waals surface area contributed by atoms with Crippen molar-refractivity contribution in [2.45, 2.75) is 6.92 Å². The molecule has 0 fully saturated rings. The highest BCUT2D eigenvalue weighted by Crippen LogP contribution is 2.21. The number of aromatic nitrogens is 4. The highest BCUT2D eigenvalue weighted by molar-refractivity contribution is 5.90. The van der Waals surface area contributed by atoms with Crippen molar-refractivity contribution >= 4 is 12.2 Å². The third kappa shape index (κ3) is 2.31. The zero-order valence-corrected chi connectivity index (χ0v) is 11.0. The Hall–Kier alpha value is -2.89. The van der Waals surface area contributed by atoms with E-state index < -0.39 is 0 Å². The van der Waals surface area contributed by atoms with Gasteiger partial charge in [-0.3, -0.25) is 5.10 Å². The van der Waals surface area contributed by atoms with E-state index in [0.29, 0.717) is 5.95 Å². The van der Waals surface area contributed by atoms with E-state index in [1.54, 1.807) is 23.3 Å². The Morgan fingerprint density at radius 1 is 1.35 bits per heavy atom. The van der Waals surface area contributed by atoms with Crippen LogP contribution in [-0.2, 0) is 0 Å². The number of nitrogens with two attached hydrogens (primary N) is 1. The van der Waals surface area contributed by atoms with E-state index in [9.17, 15) is 0 Å². The second-order valence-electron chi connectivity index (χ2n) is 4.40. The number of rotatable bonds is 3. The molecule has 3 rings (SSSR count). The van der Waals surface area contributed by atoms with Crippen molar-refractivity contribution in [2.75, 3.05) is 5.73 Å². The van der Waals surface area contributed by atoms with E-state index in [1.807, 2.05) is 37.4 Å². The van der Waals surface area contributed by atoms with Crippen LogP contribution in [0.5, 0.6) is 0 Å². The summed E-state index contributed by atoms with van der Waals surface area (Å²) in [6.45, 7) is 1.88. The molecule has 0 radical (unpaired) electrons. The number of anilines is 1. The smallest absolute Gasteiger partial charge is 0.221 e. The van der Waals surface area contributed by atoms with E-state index in [-0.39, 0.29) is 0 Å². The van der Waals surface area contributed by atoms with Gasteiger partial charge in [-0.2, -0.15) is 10.2 Å². The summed E-state index contributed by atoms with van der Waals surface area (Å²) in [5, 5.41) is 11.1. The van der Waals surface area contributed by atoms with Gasteiger partial charge in [0.2, 0.25) is 5.95 Å². The molecule has 6 nitrogen and oxygen atoms in total. The van der Waals surface area contributed by atoms with Crippen molar-refractivity contribution in [2.24, 2.45) is 5.10 Å². The summed E-state index contributed by atoms with van der Waals surface area (Å²) in [6.07, 6.45) is 7.18. The molecular weight excluding hydrogens is 252 g/mol. The van der Waals surface area contributed by atoms with Gasteiger partial charge >= 0.3 is 0 Å². The monoisotopic (exact) mass is 266 g/mol. The summed E-state index contributed by atoms with van der Waals surface area (Å²) in [7, 11) is 0. The largest absolute Gasteiger partial charge is 0.368 e. The van der Waals surface area contributed by atoms with Crippen LogP contribution in [0.2, 0.25) is 0 Å². The molecule has 6 heteroatoms. The van der Waals surface area contributed by atoms with Crippen molar-refractivity contribution in [1.82, 2.24) is 19.9 Å². The van der Waals surface area contributed by atoms with Gasteiger partial charge in [0.1, 0.15) is 0 Å². The van der Waals surface area contributed by atoms with Gasteiger partial charge in [0, 0.05) is 17.3 Å². The molecule has 0 spiro atoms. The maximum atomic E-state index is 5.76. The fraction of sp³-hybridized carbons (Fsp3) is 0.0714. The van der Waals surface area contributed by atoms with Crippen LogP contribution < -0.4 is 5.73 Å². The quantitative estimate of drug-likeness (QED) is 0.711. The number of aryl methyl sites for hydroxylation is 1. The molecular formula is C14H14N6. The second kappa shape index (κ2) is 5.00. The predicted molar refractivity (Wildman–Crippen MR) is 78.4 cm³/mol. The van der Waals surface area contributed by atoms with E-state index in [2.05, 4.69) is 20.3 Å². The van der Waals surface area contributed by atoms with Crippen molar-refractivity contribution < 1.29 is 0 Å². The standard InChI is InChI=1S/C14H14N6/c1-10-9-20(14(15)19-10)18-8-11-4-2-3-5-13(11)12-6-16-17-7-12/h2-9H,1H3,(H2,15,19)(H,16,17). The molecule has 0 aliphatic heterocycles. The number of nitrogen functional groups attached to an aromatic ring is 1. The van der Waals surface area contributed by atoms with Gasteiger partial charge in [-0.05, 0) is 12.5 Å². The molecule has 3 N–H and O–H groups in total. The first-order valence-corrected chi connectivity index (χ1v) is 6.18. The molecule has 3 aromatic rings. The molecule has 0 saturated carbocycles. The van der Waals surface area contributed by atoms with Crippen molar-refractivity contribution in [3.05, 3.63) is 54.1 Å². The van der Waals surface area contributed by atoms with E-state index in [1.165, 1.54) is 0 Å². The minimum atomic E-state index is 0.375. The minimum Gasteiger partial charge on any atom is -0.368 e. The van der Waals surface area contributed by atoms with Gasteiger partial charge < -0.3 is 5.73 Å². The first-order valence-electron chi connectivity index (χ1n) is 6.18. The second-order valence-corrected chi connectivity index (χ2v) is 4.40. The van der Waals surface area contributed by atoms with Crippen LogP contribution in [0.1, 0.15) is 11.3 Å². The molecule has 0 atom stereocenters. The molecule has 0 bridgehead atoms. The van der Waals surface area contributed by atoms with Gasteiger partial charge in [0.05, 0.1) is 24.3 Å². The molecule has 0 aliphatic rings. The highest BCUT2D eigenvalue weighted by Gasteiger charge is 2.04. The molecule has 1 aromatic carbocycles. The number of imidazole rings is 1. The molecule has 0 amide bonds. The zero-order valence-electron chi connectivity index (χ0n) is 11.0. The summed E-state index contributed by atoms with van der Waals surface area (Å²) >= 11 is 0. The van der Waals surface area contributed by atoms with Crippen LogP contribution in [-0.4, -0.2) is 26.1 Å². The Balaban J connectivity index is 1.97. The highest BCUT2D eigenvalue weighted by atomic mass is 15.4. The average Bonchev–Trinajstić information content (AvgIpc) is 3.07. The van der Waals surface area contributed by atoms with Gasteiger partial charge in [0.25, 0.3) is 0 Å². The Bertz CT molecular complexity index is 739. The Morgan fingerprint density at radius 2 is 2.20 bits per heavy atom. The Morgan fingerprint density at radius 3 is 2.90 bits per heavy atom. The van der Waals surface area contributed by atoms with Crippen LogP contribution in [0.15, 0.2) is 48.0 Å². The van der Waals surface area contributed by atoms with Gasteiger partial charge in [-0.1, -0.05) is 24.3 Å². The van der Waals surface area contributed by atoms with Crippen LogP contribution in [0.4, 0.5) is 5.95 Å². The summed E-state index contributed by atoms with van der Waals surface area (Å²) < 4.78 is 1.56. The van der Waals surface area contributed by atoms with Crippen molar-refractivity contribution in [3.63, 3.8) is 0 Å². The van der Waals surface area contributed by atoms with Crippen LogP contribution in [0.25, 0.3) is 11.1 Å². The molecule has 0 aliphatic carbocycles. The third-order valence-corrected chi connectivity index (χ3v) is 2.93. The molecule has 20 heavy (non-hydrogen) atoms. The van der Waals surface area contributed by atoms with E-state index in [0.717, 1.165) is 22.4 Å². The predicted octanol–water partition coefficient (Wildman–Crippen LogP) is 2.05. The van der Waals surface area contributed by atoms with E-state index >= 15 is 0 Å². The summed E-state index contributed by atoms with van der Waals surface area (Å²) in [5.74, 6) is 0.375. The fourth-order valence-corrected chi connectivity index (χ4v) is 1.99. The molecule has 0 unspecified atom stereocenters. The fourth-order valence-electron chi connectivity index (χ4n) is 1.99. The lowest BCUT2D eigenvalue weighted by Gasteiger charge is -2.02. The average molecular weight is 266 g/mol. The number of hydrogen-bond donors (Lipinski definition) is 2. The maximum Gasteiger partial charge on any atom is 0.221 e. The van der Waals surface area contributed by atoms with Gasteiger partial charge in [-0.15, -0.1) is 0 Å². The zero-order chi connectivity index (χ0) is 13.9. The summed E-state index contributed by atoms with van der Waals surface area (Å²) in [5.41, 5.74) is 9.65. The number of nitrogens with zero attached hydrogens (tertiary/aromatic N) is 4. The number of H-pyrrole nitrogens is 1.